The highest BCUT2D eigenvalue weighted by Gasteiger charge is 2.31. The molecule has 1 aromatic carbocycles. The van der Waals surface area contributed by atoms with Crippen molar-refractivity contribution in [3.63, 3.8) is 0 Å². The zero-order chi connectivity index (χ0) is 15.8. The van der Waals surface area contributed by atoms with Crippen LogP contribution in [0.5, 0.6) is 0 Å². The fraction of sp³-hybridized carbons (Fsp3) is 0.231. The molecule has 1 heterocycles. The van der Waals surface area contributed by atoms with Crippen molar-refractivity contribution in [2.45, 2.75) is 20.0 Å². The Bertz CT molecular complexity index is 675. The van der Waals surface area contributed by atoms with Crippen LogP contribution in [-0.2, 0) is 6.18 Å². The summed E-state index contributed by atoms with van der Waals surface area (Å²) < 4.78 is 38.5. The summed E-state index contributed by atoms with van der Waals surface area (Å²) in [7, 11) is 0. The molecule has 2 rings (SSSR count). The molecule has 2 aromatic rings. The third kappa shape index (κ3) is 3.26. The molecule has 0 fully saturated rings. The molecule has 0 unspecified atom stereocenters. The van der Waals surface area contributed by atoms with Crippen molar-refractivity contribution in [2.75, 3.05) is 5.32 Å². The number of amides is 1. The molecule has 0 bridgehead atoms. The topological polar surface area (TPSA) is 57.8 Å². The molecule has 112 valence electrons. The van der Waals surface area contributed by atoms with Crippen LogP contribution in [0.4, 0.5) is 18.9 Å². The van der Waals surface area contributed by atoms with E-state index in [-0.39, 0.29) is 5.69 Å². The molecule has 1 aromatic heterocycles. The number of rotatable bonds is 2. The standard InChI is InChI=1S/C13H11BrF3N3O/c1-6-11(7(2)20-19-6)12(21)18-10-5-8(13(15,16)17)3-4-9(10)14/h3-5H,1-2H3,(H,18,21)(H,19,20). The molecule has 2 N–H and O–H groups in total. The monoisotopic (exact) mass is 361 g/mol. The van der Waals surface area contributed by atoms with Gasteiger partial charge in [-0.05, 0) is 48.0 Å². The van der Waals surface area contributed by atoms with Gasteiger partial charge in [0.05, 0.1) is 22.5 Å². The van der Waals surface area contributed by atoms with E-state index in [0.717, 1.165) is 12.1 Å². The number of aromatic nitrogens is 2. The van der Waals surface area contributed by atoms with Crippen molar-refractivity contribution < 1.29 is 18.0 Å². The molecule has 0 spiro atoms. The van der Waals surface area contributed by atoms with Crippen LogP contribution in [0.25, 0.3) is 0 Å². The molecule has 0 saturated heterocycles. The van der Waals surface area contributed by atoms with Crippen LogP contribution < -0.4 is 5.32 Å². The molecule has 0 radical (unpaired) electrons. The SMILES string of the molecule is Cc1n[nH]c(C)c1C(=O)Nc1cc(C(F)(F)F)ccc1Br. The number of H-pyrrole nitrogens is 1. The van der Waals surface area contributed by atoms with E-state index in [1.165, 1.54) is 6.07 Å². The Morgan fingerprint density at radius 2 is 2.00 bits per heavy atom. The van der Waals surface area contributed by atoms with Crippen molar-refractivity contribution in [3.8, 4) is 0 Å². The largest absolute Gasteiger partial charge is 0.416 e. The molecule has 0 aliphatic carbocycles. The molecule has 0 aliphatic heterocycles. The summed E-state index contributed by atoms with van der Waals surface area (Å²) in [6, 6.07) is 3.06. The van der Waals surface area contributed by atoms with Gasteiger partial charge in [0.25, 0.3) is 5.91 Å². The van der Waals surface area contributed by atoms with E-state index < -0.39 is 17.6 Å². The normalized spacial score (nSPS) is 11.5. The first-order valence-corrected chi connectivity index (χ1v) is 6.69. The fourth-order valence-corrected chi connectivity index (χ4v) is 2.21. The van der Waals surface area contributed by atoms with Crippen LogP contribution in [0.15, 0.2) is 22.7 Å². The van der Waals surface area contributed by atoms with Gasteiger partial charge in [0.1, 0.15) is 0 Å². The van der Waals surface area contributed by atoms with Crippen molar-refractivity contribution in [3.05, 3.63) is 45.2 Å². The second-order valence-corrected chi connectivity index (χ2v) is 5.31. The lowest BCUT2D eigenvalue weighted by Gasteiger charge is -2.12. The number of alkyl halides is 3. The molecule has 8 heteroatoms. The summed E-state index contributed by atoms with van der Waals surface area (Å²) in [5.74, 6) is -0.515. The second kappa shape index (κ2) is 5.51. The van der Waals surface area contributed by atoms with Crippen LogP contribution in [0.3, 0.4) is 0 Å². The predicted octanol–water partition coefficient (Wildman–Crippen LogP) is 4.06. The Hall–Kier alpha value is -1.83. The summed E-state index contributed by atoms with van der Waals surface area (Å²) in [6.45, 7) is 3.30. The lowest BCUT2D eigenvalue weighted by molar-refractivity contribution is -0.137. The van der Waals surface area contributed by atoms with E-state index in [4.69, 9.17) is 0 Å². The van der Waals surface area contributed by atoms with Gasteiger partial charge in [-0.3, -0.25) is 9.89 Å². The Kier molecular flexibility index (Phi) is 4.08. The number of hydrogen-bond acceptors (Lipinski definition) is 2. The maximum absolute atomic E-state index is 12.7. The predicted molar refractivity (Wildman–Crippen MR) is 75.2 cm³/mol. The van der Waals surface area contributed by atoms with Gasteiger partial charge in [-0.1, -0.05) is 0 Å². The van der Waals surface area contributed by atoms with Crippen LogP contribution in [-0.4, -0.2) is 16.1 Å². The van der Waals surface area contributed by atoms with Crippen molar-refractivity contribution in [1.82, 2.24) is 10.2 Å². The highest BCUT2D eigenvalue weighted by Crippen LogP contribution is 2.34. The number of carbonyl (C=O) groups excluding carboxylic acids is 1. The number of hydrogen-bond donors (Lipinski definition) is 2. The molecule has 4 nitrogen and oxygen atoms in total. The Balaban J connectivity index is 2.34. The van der Waals surface area contributed by atoms with Crippen molar-refractivity contribution >= 4 is 27.5 Å². The summed E-state index contributed by atoms with van der Waals surface area (Å²) in [5.41, 5.74) is 0.567. The van der Waals surface area contributed by atoms with E-state index >= 15 is 0 Å². The number of benzene rings is 1. The Labute approximate surface area is 126 Å². The van der Waals surface area contributed by atoms with Gasteiger partial charge in [-0.25, -0.2) is 0 Å². The minimum atomic E-state index is -4.47. The van der Waals surface area contributed by atoms with Gasteiger partial charge in [0.15, 0.2) is 0 Å². The van der Waals surface area contributed by atoms with Crippen LogP contribution in [0.2, 0.25) is 0 Å². The average molecular weight is 362 g/mol. The first kappa shape index (κ1) is 15.6. The number of anilines is 1. The zero-order valence-corrected chi connectivity index (χ0v) is 12.7. The number of aryl methyl sites for hydroxylation is 2. The molecule has 1 amide bonds. The highest BCUT2D eigenvalue weighted by atomic mass is 79.9. The Morgan fingerprint density at radius 3 is 2.52 bits per heavy atom. The molecule has 21 heavy (non-hydrogen) atoms. The number of halogens is 4. The summed E-state index contributed by atoms with van der Waals surface area (Å²) in [5, 5.41) is 8.99. The zero-order valence-electron chi connectivity index (χ0n) is 11.1. The minimum absolute atomic E-state index is 0.0508. The van der Waals surface area contributed by atoms with Crippen LogP contribution in [0, 0.1) is 13.8 Å². The third-order valence-electron chi connectivity index (χ3n) is 2.90. The maximum Gasteiger partial charge on any atom is 0.416 e. The molecule has 0 saturated carbocycles. The second-order valence-electron chi connectivity index (χ2n) is 4.46. The van der Waals surface area contributed by atoms with E-state index in [1.807, 2.05) is 0 Å². The summed E-state index contributed by atoms with van der Waals surface area (Å²) in [4.78, 5) is 12.2. The summed E-state index contributed by atoms with van der Waals surface area (Å²) >= 11 is 3.12. The first-order valence-electron chi connectivity index (χ1n) is 5.90. The number of nitrogens with zero attached hydrogens (tertiary/aromatic N) is 1. The van der Waals surface area contributed by atoms with Gasteiger partial charge in [0, 0.05) is 10.2 Å². The average Bonchev–Trinajstić information content (AvgIpc) is 2.70. The lowest BCUT2D eigenvalue weighted by atomic mass is 10.1. The van der Waals surface area contributed by atoms with Crippen LogP contribution in [0.1, 0.15) is 27.3 Å². The quantitative estimate of drug-likeness (QED) is 0.847. The Morgan fingerprint density at radius 1 is 1.33 bits per heavy atom. The lowest BCUT2D eigenvalue weighted by Crippen LogP contribution is -2.15. The van der Waals surface area contributed by atoms with Gasteiger partial charge < -0.3 is 5.32 Å². The molecular formula is C13H11BrF3N3O. The first-order chi connectivity index (χ1) is 9.70. The number of carbonyl (C=O) groups is 1. The van der Waals surface area contributed by atoms with E-state index in [9.17, 15) is 18.0 Å². The third-order valence-corrected chi connectivity index (χ3v) is 3.59. The van der Waals surface area contributed by atoms with Crippen molar-refractivity contribution in [2.24, 2.45) is 0 Å². The number of aromatic amines is 1. The summed E-state index contributed by atoms with van der Waals surface area (Å²) in [6.07, 6.45) is -4.47. The van der Waals surface area contributed by atoms with E-state index in [2.05, 4.69) is 31.4 Å². The smallest absolute Gasteiger partial charge is 0.321 e. The van der Waals surface area contributed by atoms with E-state index in [0.29, 0.717) is 21.4 Å². The highest BCUT2D eigenvalue weighted by molar-refractivity contribution is 9.10. The van der Waals surface area contributed by atoms with Crippen molar-refractivity contribution in [1.29, 1.82) is 0 Å². The maximum atomic E-state index is 12.7. The molecule has 0 atom stereocenters. The van der Waals surface area contributed by atoms with Gasteiger partial charge >= 0.3 is 6.18 Å². The van der Waals surface area contributed by atoms with Gasteiger partial charge in [0.2, 0.25) is 0 Å². The molecule has 0 aliphatic rings. The number of nitrogens with one attached hydrogen (secondary N) is 2. The molecular weight excluding hydrogens is 351 g/mol. The minimum Gasteiger partial charge on any atom is -0.321 e. The van der Waals surface area contributed by atoms with Gasteiger partial charge in [-0.15, -0.1) is 0 Å². The van der Waals surface area contributed by atoms with Crippen LogP contribution >= 0.6 is 15.9 Å². The van der Waals surface area contributed by atoms with Gasteiger partial charge in [-0.2, -0.15) is 18.3 Å². The fourth-order valence-electron chi connectivity index (χ4n) is 1.87. The van der Waals surface area contributed by atoms with E-state index in [1.54, 1.807) is 13.8 Å².